The maximum Gasteiger partial charge on any atom is 0.248 e. The molecule has 1 aliphatic rings. The Balaban J connectivity index is 1.80. The van der Waals surface area contributed by atoms with Gasteiger partial charge in [0.05, 0.1) is 0 Å². The standard InChI is InChI=1S/C13H18F2N2/c14-13(15)4-3-10(8-13)6-12(16)7-11-2-1-5-17-9-11/h1-2,5,9-10,12H,3-4,6-8,16H2. The average Bonchev–Trinajstić information content (AvgIpc) is 2.59. The third-order valence-corrected chi connectivity index (χ3v) is 3.36. The minimum atomic E-state index is -2.46. The van der Waals surface area contributed by atoms with Crippen molar-refractivity contribution in [1.82, 2.24) is 4.98 Å². The molecule has 1 aromatic heterocycles. The summed E-state index contributed by atoms with van der Waals surface area (Å²) in [5.74, 6) is -2.38. The predicted molar refractivity (Wildman–Crippen MR) is 62.8 cm³/mol. The lowest BCUT2D eigenvalue weighted by atomic mass is 9.95. The van der Waals surface area contributed by atoms with E-state index in [1.807, 2.05) is 12.1 Å². The van der Waals surface area contributed by atoms with Crippen molar-refractivity contribution in [2.75, 3.05) is 0 Å². The lowest BCUT2D eigenvalue weighted by Gasteiger charge is -2.16. The molecule has 2 rings (SSSR count). The van der Waals surface area contributed by atoms with E-state index >= 15 is 0 Å². The second-order valence-electron chi connectivity index (χ2n) is 5.03. The lowest BCUT2D eigenvalue weighted by Crippen LogP contribution is -2.26. The van der Waals surface area contributed by atoms with E-state index in [2.05, 4.69) is 4.98 Å². The molecule has 2 nitrogen and oxygen atoms in total. The van der Waals surface area contributed by atoms with Crippen LogP contribution in [-0.2, 0) is 6.42 Å². The normalized spacial score (nSPS) is 24.8. The van der Waals surface area contributed by atoms with Crippen molar-refractivity contribution in [2.45, 2.75) is 44.1 Å². The summed E-state index contributed by atoms with van der Waals surface area (Å²) in [6, 6.07) is 3.79. The summed E-state index contributed by atoms with van der Waals surface area (Å²) in [6.07, 6.45) is 5.54. The summed E-state index contributed by atoms with van der Waals surface area (Å²) in [4.78, 5) is 4.02. The number of alkyl halides is 2. The van der Waals surface area contributed by atoms with Gasteiger partial charge in [0.15, 0.2) is 0 Å². The number of pyridine rings is 1. The van der Waals surface area contributed by atoms with Crippen molar-refractivity contribution in [3.63, 3.8) is 0 Å². The number of hydrogen-bond acceptors (Lipinski definition) is 2. The maximum absolute atomic E-state index is 13.0. The molecule has 2 atom stereocenters. The summed E-state index contributed by atoms with van der Waals surface area (Å²) in [5, 5.41) is 0. The zero-order valence-corrected chi connectivity index (χ0v) is 9.78. The van der Waals surface area contributed by atoms with Crippen molar-refractivity contribution >= 4 is 0 Å². The molecule has 1 aromatic rings. The SMILES string of the molecule is NC(Cc1cccnc1)CC1CCC(F)(F)C1. The number of halogens is 2. The van der Waals surface area contributed by atoms with Gasteiger partial charge in [-0.05, 0) is 36.8 Å². The molecule has 1 heterocycles. The Morgan fingerprint density at radius 2 is 2.35 bits per heavy atom. The van der Waals surface area contributed by atoms with Gasteiger partial charge in [-0.1, -0.05) is 6.07 Å². The summed E-state index contributed by atoms with van der Waals surface area (Å²) < 4.78 is 26.0. The number of aromatic nitrogens is 1. The van der Waals surface area contributed by atoms with Crippen LogP contribution in [0.4, 0.5) is 8.78 Å². The molecule has 0 amide bonds. The summed E-state index contributed by atoms with van der Waals surface area (Å²) in [5.41, 5.74) is 7.08. The molecule has 1 saturated carbocycles. The Bertz CT molecular complexity index is 354. The van der Waals surface area contributed by atoms with Gasteiger partial charge in [0.1, 0.15) is 0 Å². The van der Waals surface area contributed by atoms with E-state index in [-0.39, 0.29) is 24.8 Å². The maximum atomic E-state index is 13.0. The quantitative estimate of drug-likeness (QED) is 0.879. The number of nitrogens with two attached hydrogens (primary N) is 1. The predicted octanol–water partition coefficient (Wildman–Crippen LogP) is 2.78. The number of rotatable bonds is 4. The zero-order chi connectivity index (χ0) is 12.3. The highest BCUT2D eigenvalue weighted by molar-refractivity contribution is 5.10. The minimum absolute atomic E-state index is 0.00768. The lowest BCUT2D eigenvalue weighted by molar-refractivity contribution is 0.00449. The molecule has 94 valence electrons. The van der Waals surface area contributed by atoms with Gasteiger partial charge in [-0.15, -0.1) is 0 Å². The first kappa shape index (κ1) is 12.4. The van der Waals surface area contributed by atoms with Gasteiger partial charge >= 0.3 is 0 Å². The summed E-state index contributed by atoms with van der Waals surface area (Å²) >= 11 is 0. The molecule has 17 heavy (non-hydrogen) atoms. The second-order valence-corrected chi connectivity index (χ2v) is 5.03. The molecule has 0 saturated heterocycles. The van der Waals surface area contributed by atoms with Crippen LogP contribution in [-0.4, -0.2) is 16.9 Å². The van der Waals surface area contributed by atoms with Gasteiger partial charge < -0.3 is 5.73 Å². The Labute approximate surface area is 100 Å². The molecule has 1 aliphatic carbocycles. The fourth-order valence-electron chi connectivity index (χ4n) is 2.58. The Kier molecular flexibility index (Phi) is 3.72. The van der Waals surface area contributed by atoms with Gasteiger partial charge in [0.25, 0.3) is 0 Å². The van der Waals surface area contributed by atoms with Crippen molar-refractivity contribution in [2.24, 2.45) is 11.7 Å². The second kappa shape index (κ2) is 5.08. The molecule has 0 radical (unpaired) electrons. The average molecular weight is 240 g/mol. The minimum Gasteiger partial charge on any atom is -0.327 e. The highest BCUT2D eigenvalue weighted by Gasteiger charge is 2.39. The van der Waals surface area contributed by atoms with E-state index in [1.54, 1.807) is 12.4 Å². The van der Waals surface area contributed by atoms with Gasteiger partial charge in [0, 0.05) is 31.3 Å². The molecule has 2 N–H and O–H groups in total. The van der Waals surface area contributed by atoms with Crippen LogP contribution in [0.1, 0.15) is 31.2 Å². The molecule has 1 fully saturated rings. The Hall–Kier alpha value is -1.03. The van der Waals surface area contributed by atoms with Crippen LogP contribution in [0.2, 0.25) is 0 Å². The van der Waals surface area contributed by atoms with Crippen LogP contribution in [0, 0.1) is 5.92 Å². The van der Waals surface area contributed by atoms with E-state index in [1.165, 1.54) is 0 Å². The smallest absolute Gasteiger partial charge is 0.248 e. The molecule has 0 bridgehead atoms. The fraction of sp³-hybridized carbons (Fsp3) is 0.615. The zero-order valence-electron chi connectivity index (χ0n) is 9.78. The Morgan fingerprint density at radius 1 is 1.53 bits per heavy atom. The molecule has 4 heteroatoms. The van der Waals surface area contributed by atoms with E-state index in [0.29, 0.717) is 12.8 Å². The van der Waals surface area contributed by atoms with Gasteiger partial charge in [-0.2, -0.15) is 0 Å². The van der Waals surface area contributed by atoms with Crippen molar-refractivity contribution in [3.05, 3.63) is 30.1 Å². The van der Waals surface area contributed by atoms with Crippen LogP contribution in [0.15, 0.2) is 24.5 Å². The molecular weight excluding hydrogens is 222 g/mol. The van der Waals surface area contributed by atoms with Gasteiger partial charge in [0.2, 0.25) is 5.92 Å². The van der Waals surface area contributed by atoms with E-state index in [9.17, 15) is 8.78 Å². The van der Waals surface area contributed by atoms with E-state index in [4.69, 9.17) is 5.73 Å². The molecule has 0 spiro atoms. The number of nitrogens with zero attached hydrogens (tertiary/aromatic N) is 1. The topological polar surface area (TPSA) is 38.9 Å². The third kappa shape index (κ3) is 3.73. The molecule has 2 unspecified atom stereocenters. The summed E-state index contributed by atoms with van der Waals surface area (Å²) in [6.45, 7) is 0. The van der Waals surface area contributed by atoms with Crippen LogP contribution >= 0.6 is 0 Å². The third-order valence-electron chi connectivity index (χ3n) is 3.36. The summed E-state index contributed by atoms with van der Waals surface area (Å²) in [7, 11) is 0. The molecule has 0 aliphatic heterocycles. The van der Waals surface area contributed by atoms with Crippen molar-refractivity contribution < 1.29 is 8.78 Å². The van der Waals surface area contributed by atoms with Crippen LogP contribution in [0.3, 0.4) is 0 Å². The van der Waals surface area contributed by atoms with Crippen LogP contribution in [0.25, 0.3) is 0 Å². The molecular formula is C13H18F2N2. The first-order valence-corrected chi connectivity index (χ1v) is 6.07. The largest absolute Gasteiger partial charge is 0.327 e. The highest BCUT2D eigenvalue weighted by Crippen LogP contribution is 2.40. The van der Waals surface area contributed by atoms with E-state index < -0.39 is 5.92 Å². The van der Waals surface area contributed by atoms with E-state index in [0.717, 1.165) is 12.0 Å². The van der Waals surface area contributed by atoms with Crippen LogP contribution < -0.4 is 5.73 Å². The van der Waals surface area contributed by atoms with Gasteiger partial charge in [-0.3, -0.25) is 4.98 Å². The first-order valence-electron chi connectivity index (χ1n) is 6.07. The van der Waals surface area contributed by atoms with Gasteiger partial charge in [-0.25, -0.2) is 8.78 Å². The van der Waals surface area contributed by atoms with Crippen molar-refractivity contribution in [3.8, 4) is 0 Å². The highest BCUT2D eigenvalue weighted by atomic mass is 19.3. The Morgan fingerprint density at radius 3 is 2.94 bits per heavy atom. The molecule has 0 aromatic carbocycles. The first-order chi connectivity index (χ1) is 8.05. The number of hydrogen-bond donors (Lipinski definition) is 1. The fourth-order valence-corrected chi connectivity index (χ4v) is 2.58. The van der Waals surface area contributed by atoms with Crippen LogP contribution in [0.5, 0.6) is 0 Å². The van der Waals surface area contributed by atoms with Crippen molar-refractivity contribution in [1.29, 1.82) is 0 Å². The monoisotopic (exact) mass is 240 g/mol.